The molecule has 29 heavy (non-hydrogen) atoms. The average molecular weight is 422 g/mol. The van der Waals surface area contributed by atoms with Crippen LogP contribution in [0.15, 0.2) is 27.4 Å². The van der Waals surface area contributed by atoms with Gasteiger partial charge in [-0.15, -0.1) is 0 Å². The van der Waals surface area contributed by atoms with Gasteiger partial charge in [-0.3, -0.25) is 4.79 Å². The zero-order valence-corrected chi connectivity index (χ0v) is 18.0. The maximum Gasteiger partial charge on any atom is 0.336 e. The number of hydrogen-bond donors (Lipinski definition) is 0. The molecule has 1 amide bonds. The second-order valence-electron chi connectivity index (χ2n) is 8.10. The number of fused-ring (bicyclic) bond motifs is 1. The molecule has 2 heterocycles. The molecule has 1 saturated heterocycles. The predicted molar refractivity (Wildman–Crippen MR) is 111 cm³/mol. The first kappa shape index (κ1) is 21.4. The van der Waals surface area contributed by atoms with Crippen LogP contribution in [0, 0.1) is 19.8 Å². The van der Waals surface area contributed by atoms with E-state index in [-0.39, 0.29) is 36.0 Å². The third-order valence-corrected chi connectivity index (χ3v) is 6.95. The maximum absolute atomic E-state index is 12.9. The normalized spacial score (nSPS) is 18.3. The second kappa shape index (κ2) is 8.18. The molecule has 158 valence electrons. The molecule has 0 radical (unpaired) electrons. The van der Waals surface area contributed by atoms with Crippen LogP contribution in [-0.4, -0.2) is 49.9 Å². The molecule has 1 aromatic heterocycles. The highest BCUT2D eigenvalue weighted by Crippen LogP contribution is 2.28. The Morgan fingerprint density at radius 3 is 2.66 bits per heavy atom. The lowest BCUT2D eigenvalue weighted by Crippen LogP contribution is -2.45. The molecule has 0 spiro atoms. The standard InChI is InChI=1S/C21H27NO6S/c1-13(2)10-22(16-7-8-29(25,26)12-16)19(23)11-27-18-6-5-17-14(3)9-20(24)28-21(17)15(18)4/h5-6,9,13,16H,7-8,10-12H2,1-4H3/t16-/m1/s1. The predicted octanol–water partition coefficient (Wildman–Crippen LogP) is 2.46. The van der Waals surface area contributed by atoms with Gasteiger partial charge in [-0.25, -0.2) is 13.2 Å². The molecule has 0 saturated carbocycles. The van der Waals surface area contributed by atoms with Crippen LogP contribution >= 0.6 is 0 Å². The Morgan fingerprint density at radius 2 is 2.03 bits per heavy atom. The summed E-state index contributed by atoms with van der Waals surface area (Å²) >= 11 is 0. The van der Waals surface area contributed by atoms with Crippen LogP contribution in [0.1, 0.15) is 31.4 Å². The van der Waals surface area contributed by atoms with Crippen molar-refractivity contribution < 1.29 is 22.4 Å². The fourth-order valence-corrected chi connectivity index (χ4v) is 5.48. The molecule has 8 heteroatoms. The van der Waals surface area contributed by atoms with Crippen LogP contribution in [0.4, 0.5) is 0 Å². The van der Waals surface area contributed by atoms with Gasteiger partial charge in [-0.05, 0) is 43.9 Å². The largest absolute Gasteiger partial charge is 0.483 e. The summed E-state index contributed by atoms with van der Waals surface area (Å²) in [5.41, 5.74) is 1.47. The summed E-state index contributed by atoms with van der Waals surface area (Å²) in [7, 11) is -3.09. The fourth-order valence-electron chi connectivity index (χ4n) is 3.75. The zero-order valence-electron chi connectivity index (χ0n) is 17.2. The smallest absolute Gasteiger partial charge is 0.336 e. The van der Waals surface area contributed by atoms with E-state index in [1.54, 1.807) is 24.0 Å². The Morgan fingerprint density at radius 1 is 1.31 bits per heavy atom. The highest BCUT2D eigenvalue weighted by atomic mass is 32.2. The molecule has 0 unspecified atom stereocenters. The lowest BCUT2D eigenvalue weighted by atomic mass is 10.1. The van der Waals surface area contributed by atoms with E-state index in [2.05, 4.69) is 0 Å². The number of hydrogen-bond acceptors (Lipinski definition) is 6. The van der Waals surface area contributed by atoms with Gasteiger partial charge in [-0.1, -0.05) is 13.8 Å². The average Bonchev–Trinajstić information content (AvgIpc) is 2.98. The molecule has 0 N–H and O–H groups in total. The molecule has 7 nitrogen and oxygen atoms in total. The van der Waals surface area contributed by atoms with E-state index in [9.17, 15) is 18.0 Å². The van der Waals surface area contributed by atoms with E-state index in [4.69, 9.17) is 9.15 Å². The summed E-state index contributed by atoms with van der Waals surface area (Å²) < 4.78 is 34.8. The summed E-state index contributed by atoms with van der Waals surface area (Å²) in [6, 6.07) is 4.68. The first-order valence-electron chi connectivity index (χ1n) is 9.74. The minimum Gasteiger partial charge on any atom is -0.483 e. The Hall–Kier alpha value is -2.35. The number of benzene rings is 1. The van der Waals surface area contributed by atoms with Crippen molar-refractivity contribution >= 4 is 26.7 Å². The van der Waals surface area contributed by atoms with Crippen molar-refractivity contribution in [1.82, 2.24) is 4.90 Å². The van der Waals surface area contributed by atoms with Crippen LogP contribution in [0.2, 0.25) is 0 Å². The van der Waals surface area contributed by atoms with Gasteiger partial charge in [0.05, 0.1) is 11.5 Å². The maximum atomic E-state index is 12.9. The monoisotopic (exact) mass is 421 g/mol. The number of carbonyl (C=O) groups is 1. The van der Waals surface area contributed by atoms with E-state index in [1.807, 2.05) is 20.8 Å². The van der Waals surface area contributed by atoms with Crippen molar-refractivity contribution in [3.8, 4) is 5.75 Å². The number of aryl methyl sites for hydroxylation is 2. The van der Waals surface area contributed by atoms with Gasteiger partial charge in [0.25, 0.3) is 5.91 Å². The zero-order chi connectivity index (χ0) is 21.3. The van der Waals surface area contributed by atoms with Crippen LogP contribution in [-0.2, 0) is 14.6 Å². The first-order chi connectivity index (χ1) is 13.6. The molecular weight excluding hydrogens is 394 g/mol. The van der Waals surface area contributed by atoms with E-state index in [1.165, 1.54) is 6.07 Å². The van der Waals surface area contributed by atoms with Gasteiger partial charge in [0.15, 0.2) is 16.4 Å². The van der Waals surface area contributed by atoms with Gasteiger partial charge in [-0.2, -0.15) is 0 Å². The molecule has 1 fully saturated rings. The molecule has 1 aliphatic heterocycles. The SMILES string of the molecule is Cc1cc(=O)oc2c(C)c(OCC(=O)N(CC(C)C)[C@@H]3CCS(=O)(=O)C3)ccc12. The summed E-state index contributed by atoms with van der Waals surface area (Å²) in [6.45, 7) is 7.87. The van der Waals surface area contributed by atoms with E-state index < -0.39 is 15.5 Å². The van der Waals surface area contributed by atoms with E-state index in [0.29, 0.717) is 29.9 Å². The first-order valence-corrected chi connectivity index (χ1v) is 11.6. The fraction of sp³-hybridized carbons (Fsp3) is 0.524. The Balaban J connectivity index is 1.79. The lowest BCUT2D eigenvalue weighted by molar-refractivity contribution is -0.135. The van der Waals surface area contributed by atoms with Crippen LogP contribution in [0.25, 0.3) is 11.0 Å². The van der Waals surface area contributed by atoms with Gasteiger partial charge < -0.3 is 14.1 Å². The minimum absolute atomic E-state index is 0.00486. The number of amides is 1. The van der Waals surface area contributed by atoms with Gasteiger partial charge in [0.2, 0.25) is 0 Å². The van der Waals surface area contributed by atoms with Crippen molar-refractivity contribution in [2.75, 3.05) is 24.7 Å². The van der Waals surface area contributed by atoms with Crippen LogP contribution in [0.3, 0.4) is 0 Å². The van der Waals surface area contributed by atoms with Crippen molar-refractivity contribution in [3.05, 3.63) is 39.7 Å². The summed E-state index contributed by atoms with van der Waals surface area (Å²) in [4.78, 5) is 26.2. The van der Waals surface area contributed by atoms with E-state index in [0.717, 1.165) is 10.9 Å². The van der Waals surface area contributed by atoms with Crippen LogP contribution < -0.4 is 10.4 Å². The molecule has 1 aromatic carbocycles. The van der Waals surface area contributed by atoms with Crippen molar-refractivity contribution in [1.29, 1.82) is 0 Å². The third kappa shape index (κ3) is 4.80. The Labute approximate surface area is 170 Å². The van der Waals surface area contributed by atoms with Gasteiger partial charge in [0, 0.05) is 29.6 Å². The van der Waals surface area contributed by atoms with Crippen molar-refractivity contribution in [2.24, 2.45) is 5.92 Å². The summed E-state index contributed by atoms with van der Waals surface area (Å²) in [6.07, 6.45) is 0.459. The molecule has 3 rings (SSSR count). The lowest BCUT2D eigenvalue weighted by Gasteiger charge is -2.30. The number of nitrogens with zero attached hydrogens (tertiary/aromatic N) is 1. The molecule has 1 aliphatic rings. The number of carbonyl (C=O) groups excluding carboxylic acids is 1. The van der Waals surface area contributed by atoms with Crippen LogP contribution in [0.5, 0.6) is 5.75 Å². The van der Waals surface area contributed by atoms with Gasteiger partial charge in [0.1, 0.15) is 11.3 Å². The summed E-state index contributed by atoms with van der Waals surface area (Å²) in [5.74, 6) is 0.545. The van der Waals surface area contributed by atoms with Gasteiger partial charge >= 0.3 is 5.63 Å². The highest BCUT2D eigenvalue weighted by Gasteiger charge is 2.35. The quantitative estimate of drug-likeness (QED) is 0.665. The number of ether oxygens (including phenoxy) is 1. The van der Waals surface area contributed by atoms with Crippen molar-refractivity contribution in [2.45, 2.75) is 40.2 Å². The molecular formula is C21H27NO6S. The second-order valence-corrected chi connectivity index (χ2v) is 10.3. The Bertz CT molecular complexity index is 1090. The third-order valence-electron chi connectivity index (χ3n) is 5.20. The molecule has 0 bridgehead atoms. The molecule has 2 aromatic rings. The molecule has 0 aliphatic carbocycles. The topological polar surface area (TPSA) is 93.9 Å². The minimum atomic E-state index is -3.09. The number of sulfone groups is 1. The number of rotatable bonds is 6. The highest BCUT2D eigenvalue weighted by molar-refractivity contribution is 7.91. The summed E-state index contributed by atoms with van der Waals surface area (Å²) in [5, 5.41) is 0.818. The molecule has 1 atom stereocenters. The van der Waals surface area contributed by atoms with Crippen molar-refractivity contribution in [3.63, 3.8) is 0 Å². The van der Waals surface area contributed by atoms with E-state index >= 15 is 0 Å². The Kier molecular flexibility index (Phi) is 6.03.